The Labute approximate surface area is 185 Å². The molecule has 2 rings (SSSR count). The van der Waals surface area contributed by atoms with E-state index < -0.39 is 28.4 Å². The largest absolute Gasteiger partial charge is 0.493 e. The highest BCUT2D eigenvalue weighted by Crippen LogP contribution is 2.33. The third-order valence-electron chi connectivity index (χ3n) is 4.30. The molecule has 2 aromatic carbocycles. The lowest BCUT2D eigenvalue weighted by Gasteiger charge is -2.21. The van der Waals surface area contributed by atoms with E-state index >= 15 is 0 Å². The van der Waals surface area contributed by atoms with Crippen LogP contribution in [0.1, 0.15) is 15.9 Å². The van der Waals surface area contributed by atoms with E-state index in [1.807, 2.05) is 0 Å². The minimum Gasteiger partial charge on any atom is -0.493 e. The summed E-state index contributed by atoms with van der Waals surface area (Å²) in [5, 5.41) is 2.92. The first-order valence-corrected chi connectivity index (χ1v) is 11.2. The summed E-state index contributed by atoms with van der Waals surface area (Å²) in [6.07, 6.45) is 0.993. The Morgan fingerprint density at radius 2 is 1.68 bits per heavy atom. The average Bonchev–Trinajstić information content (AvgIpc) is 2.73. The fraction of sp³-hybridized carbons (Fsp3) is 0.300. The van der Waals surface area contributed by atoms with Crippen LogP contribution in [0.3, 0.4) is 0 Å². The predicted octanol–water partition coefficient (Wildman–Crippen LogP) is 2.54. The van der Waals surface area contributed by atoms with Crippen molar-refractivity contribution in [2.75, 3.05) is 39.4 Å². The number of benzene rings is 2. The second-order valence-electron chi connectivity index (χ2n) is 6.41. The molecule has 0 spiro atoms. The summed E-state index contributed by atoms with van der Waals surface area (Å²) in [7, 11) is 0.248. The fourth-order valence-electron chi connectivity index (χ4n) is 2.72. The molecule has 0 saturated carbocycles. The van der Waals surface area contributed by atoms with Crippen molar-refractivity contribution in [2.45, 2.75) is 6.54 Å². The maximum Gasteiger partial charge on any atom is 0.340 e. The minimum atomic E-state index is -3.74. The third-order valence-corrected chi connectivity index (χ3v) is 5.86. The molecular formula is C20H23ClN2O7S. The lowest BCUT2D eigenvalue weighted by atomic mass is 10.1. The fourth-order valence-corrected chi connectivity index (χ4v) is 3.64. The molecule has 0 heterocycles. The van der Waals surface area contributed by atoms with Crippen LogP contribution in [0.4, 0.5) is 5.69 Å². The Hall–Kier alpha value is -2.82. The number of sulfonamides is 1. The van der Waals surface area contributed by atoms with E-state index in [4.69, 9.17) is 25.8 Å². The number of hydrogen-bond acceptors (Lipinski definition) is 7. The van der Waals surface area contributed by atoms with E-state index in [2.05, 4.69) is 5.32 Å². The summed E-state index contributed by atoms with van der Waals surface area (Å²) in [5.41, 5.74) is 0.648. The number of anilines is 1. The number of rotatable bonds is 9. The number of ether oxygens (including phenoxy) is 3. The van der Waals surface area contributed by atoms with Crippen LogP contribution in [-0.4, -0.2) is 58.7 Å². The van der Waals surface area contributed by atoms with Crippen molar-refractivity contribution in [1.29, 1.82) is 0 Å². The van der Waals surface area contributed by atoms with Crippen LogP contribution in [-0.2, 0) is 26.1 Å². The zero-order valence-electron chi connectivity index (χ0n) is 17.5. The van der Waals surface area contributed by atoms with Crippen molar-refractivity contribution in [1.82, 2.24) is 4.31 Å². The molecule has 1 amide bonds. The smallest absolute Gasteiger partial charge is 0.340 e. The summed E-state index contributed by atoms with van der Waals surface area (Å²) in [6.45, 7) is -0.596. The Morgan fingerprint density at radius 3 is 2.23 bits per heavy atom. The van der Waals surface area contributed by atoms with Gasteiger partial charge in [-0.3, -0.25) is 4.79 Å². The molecule has 9 nitrogen and oxygen atoms in total. The summed E-state index contributed by atoms with van der Waals surface area (Å²) in [4.78, 5) is 24.8. The van der Waals surface area contributed by atoms with Gasteiger partial charge in [0.25, 0.3) is 0 Å². The van der Waals surface area contributed by atoms with Crippen molar-refractivity contribution in [3.8, 4) is 11.5 Å². The summed E-state index contributed by atoms with van der Waals surface area (Å²) in [5.74, 6) is -0.860. The van der Waals surface area contributed by atoms with Crippen LogP contribution in [0.2, 0.25) is 5.02 Å². The molecule has 0 unspecified atom stereocenters. The van der Waals surface area contributed by atoms with Gasteiger partial charge in [0.05, 0.1) is 45.4 Å². The molecule has 0 fully saturated rings. The lowest BCUT2D eigenvalue weighted by Crippen LogP contribution is -2.37. The lowest BCUT2D eigenvalue weighted by molar-refractivity contribution is -0.116. The molecule has 31 heavy (non-hydrogen) atoms. The van der Waals surface area contributed by atoms with Gasteiger partial charge in [0.2, 0.25) is 15.9 Å². The van der Waals surface area contributed by atoms with Gasteiger partial charge in [-0.05, 0) is 11.6 Å². The van der Waals surface area contributed by atoms with Crippen LogP contribution in [0.15, 0.2) is 36.4 Å². The van der Waals surface area contributed by atoms with Crippen LogP contribution < -0.4 is 14.8 Å². The van der Waals surface area contributed by atoms with Gasteiger partial charge in [0, 0.05) is 23.7 Å². The molecule has 0 aromatic heterocycles. The summed E-state index contributed by atoms with van der Waals surface area (Å²) < 4.78 is 40.6. The van der Waals surface area contributed by atoms with Gasteiger partial charge in [-0.15, -0.1) is 0 Å². The molecule has 0 aliphatic carbocycles. The highest BCUT2D eigenvalue weighted by atomic mass is 35.5. The summed E-state index contributed by atoms with van der Waals surface area (Å²) >= 11 is 6.12. The number of amides is 1. The molecule has 1 N–H and O–H groups in total. The first-order valence-electron chi connectivity index (χ1n) is 8.93. The Morgan fingerprint density at radius 1 is 1.06 bits per heavy atom. The number of nitrogens with one attached hydrogen (secondary N) is 1. The molecule has 0 bridgehead atoms. The van der Waals surface area contributed by atoms with E-state index in [1.165, 1.54) is 33.5 Å². The highest BCUT2D eigenvalue weighted by Gasteiger charge is 2.24. The standard InChI is InChI=1S/C20H23ClN2O7S/c1-28-17-9-14(20(25)30-3)16(10-18(17)29-2)22-19(24)12-23(31(4,26)27)11-13-7-5-6-8-15(13)21/h5-10H,11-12H2,1-4H3,(H,22,24). The van der Waals surface area contributed by atoms with Crippen molar-refractivity contribution in [2.24, 2.45) is 0 Å². The highest BCUT2D eigenvalue weighted by molar-refractivity contribution is 7.88. The zero-order valence-corrected chi connectivity index (χ0v) is 19.0. The maximum atomic E-state index is 12.7. The van der Waals surface area contributed by atoms with Gasteiger partial charge in [-0.25, -0.2) is 13.2 Å². The topological polar surface area (TPSA) is 111 Å². The molecular weight excluding hydrogens is 448 g/mol. The normalized spacial score (nSPS) is 11.2. The van der Waals surface area contributed by atoms with Gasteiger partial charge < -0.3 is 19.5 Å². The Bertz CT molecular complexity index is 1070. The quantitative estimate of drug-likeness (QED) is 0.560. The first-order chi connectivity index (χ1) is 14.6. The van der Waals surface area contributed by atoms with Gasteiger partial charge in [-0.2, -0.15) is 4.31 Å². The van der Waals surface area contributed by atoms with Gasteiger partial charge >= 0.3 is 5.97 Å². The molecule has 0 atom stereocenters. The van der Waals surface area contributed by atoms with Crippen molar-refractivity contribution in [3.05, 3.63) is 52.5 Å². The zero-order chi connectivity index (χ0) is 23.2. The third kappa shape index (κ3) is 6.33. The van der Waals surface area contributed by atoms with Crippen LogP contribution in [0.5, 0.6) is 11.5 Å². The average molecular weight is 471 g/mol. The number of esters is 1. The maximum absolute atomic E-state index is 12.7. The Kier molecular flexibility index (Phi) is 8.26. The predicted molar refractivity (Wildman–Crippen MR) is 116 cm³/mol. The van der Waals surface area contributed by atoms with Gasteiger partial charge in [0.1, 0.15) is 0 Å². The SMILES string of the molecule is COC(=O)c1cc(OC)c(OC)cc1NC(=O)CN(Cc1ccccc1Cl)S(C)(=O)=O. The number of nitrogens with zero attached hydrogens (tertiary/aromatic N) is 1. The second-order valence-corrected chi connectivity index (χ2v) is 8.80. The van der Waals surface area contributed by atoms with Gasteiger partial charge in [0.15, 0.2) is 11.5 Å². The van der Waals surface area contributed by atoms with E-state index in [0.29, 0.717) is 10.6 Å². The monoisotopic (exact) mass is 470 g/mol. The van der Waals surface area contributed by atoms with Crippen molar-refractivity contribution >= 4 is 39.2 Å². The van der Waals surface area contributed by atoms with Crippen molar-refractivity contribution in [3.63, 3.8) is 0 Å². The van der Waals surface area contributed by atoms with Gasteiger partial charge in [-0.1, -0.05) is 29.8 Å². The number of carbonyl (C=O) groups excluding carboxylic acids is 2. The second kappa shape index (κ2) is 10.5. The summed E-state index contributed by atoms with van der Waals surface area (Å²) in [6, 6.07) is 9.48. The number of methoxy groups -OCH3 is 3. The molecule has 11 heteroatoms. The molecule has 168 valence electrons. The molecule has 0 radical (unpaired) electrons. The number of carbonyl (C=O) groups is 2. The van der Waals surface area contributed by atoms with Crippen LogP contribution in [0.25, 0.3) is 0 Å². The number of hydrogen-bond donors (Lipinski definition) is 1. The number of halogens is 1. The van der Waals surface area contributed by atoms with Crippen LogP contribution in [0, 0.1) is 0 Å². The molecule has 0 aliphatic heterocycles. The Balaban J connectivity index is 2.32. The minimum absolute atomic E-state index is 0.0190. The first kappa shape index (κ1) is 24.4. The van der Waals surface area contributed by atoms with E-state index in [0.717, 1.165) is 10.6 Å². The molecule has 0 aliphatic rings. The van der Waals surface area contributed by atoms with E-state index in [9.17, 15) is 18.0 Å². The molecule has 2 aromatic rings. The van der Waals surface area contributed by atoms with E-state index in [-0.39, 0.29) is 29.3 Å². The van der Waals surface area contributed by atoms with Crippen molar-refractivity contribution < 1.29 is 32.2 Å². The van der Waals surface area contributed by atoms with Crippen LogP contribution >= 0.6 is 11.6 Å². The van der Waals surface area contributed by atoms with E-state index in [1.54, 1.807) is 24.3 Å². The molecule has 0 saturated heterocycles.